The van der Waals surface area contributed by atoms with E-state index in [-0.39, 0.29) is 0 Å². The normalized spacial score (nSPS) is 24.9. The number of hydrogen-bond acceptors (Lipinski definition) is 3. The molecule has 1 rings (SSSR count). The van der Waals surface area contributed by atoms with E-state index in [1.54, 1.807) is 0 Å². The number of rotatable bonds is 5. The van der Waals surface area contributed by atoms with Gasteiger partial charge in [-0.25, -0.2) is 0 Å². The number of alkyl halides is 1. The van der Waals surface area contributed by atoms with Gasteiger partial charge >= 0.3 is 0 Å². The highest BCUT2D eigenvalue weighted by Crippen LogP contribution is 2.08. The Labute approximate surface area is 88.5 Å². The molecule has 0 bridgehead atoms. The lowest BCUT2D eigenvalue weighted by Gasteiger charge is -2.34. The minimum Gasteiger partial charge on any atom is -0.380 e. The van der Waals surface area contributed by atoms with Crippen LogP contribution < -0.4 is 0 Å². The number of nitrogens with zero attached hydrogens (tertiary/aromatic N) is 1. The van der Waals surface area contributed by atoms with Gasteiger partial charge in [0, 0.05) is 31.1 Å². The first kappa shape index (κ1) is 11.4. The van der Waals surface area contributed by atoms with E-state index >= 15 is 0 Å². The molecule has 4 heteroatoms. The van der Waals surface area contributed by atoms with Crippen molar-refractivity contribution < 1.29 is 9.47 Å². The molecule has 0 aromatic heterocycles. The van der Waals surface area contributed by atoms with Gasteiger partial charge in [-0.05, 0) is 6.92 Å². The summed E-state index contributed by atoms with van der Waals surface area (Å²) in [5.74, 6) is 0. The number of ether oxygens (including phenoxy) is 2. The van der Waals surface area contributed by atoms with Crippen LogP contribution in [-0.2, 0) is 9.47 Å². The van der Waals surface area contributed by atoms with Crippen LogP contribution in [0.4, 0.5) is 0 Å². The topological polar surface area (TPSA) is 21.7 Å². The van der Waals surface area contributed by atoms with E-state index in [1.165, 1.54) is 0 Å². The van der Waals surface area contributed by atoms with Crippen molar-refractivity contribution in [1.29, 1.82) is 0 Å². The minimum absolute atomic E-state index is 0.522. The summed E-state index contributed by atoms with van der Waals surface area (Å²) in [6, 6.07) is 0.522. The maximum Gasteiger partial charge on any atom is 0.0630 e. The first-order valence-electron chi connectivity index (χ1n) is 4.84. The SMILES string of the molecule is CCOCCN1CCOCC1CBr. The van der Waals surface area contributed by atoms with Crippen LogP contribution in [0.1, 0.15) is 6.92 Å². The highest BCUT2D eigenvalue weighted by atomic mass is 79.9. The minimum atomic E-state index is 0.522. The number of morpholine rings is 1. The average molecular weight is 252 g/mol. The Hall–Kier alpha value is 0.360. The van der Waals surface area contributed by atoms with Crippen LogP contribution in [0.2, 0.25) is 0 Å². The van der Waals surface area contributed by atoms with Gasteiger partial charge in [-0.3, -0.25) is 4.90 Å². The molecule has 0 N–H and O–H groups in total. The molecule has 0 aromatic carbocycles. The molecule has 0 radical (unpaired) electrons. The lowest BCUT2D eigenvalue weighted by atomic mass is 10.2. The van der Waals surface area contributed by atoms with Crippen LogP contribution in [-0.4, -0.2) is 55.8 Å². The van der Waals surface area contributed by atoms with Crippen LogP contribution in [0.15, 0.2) is 0 Å². The van der Waals surface area contributed by atoms with Crippen molar-refractivity contribution in [2.45, 2.75) is 13.0 Å². The monoisotopic (exact) mass is 251 g/mol. The molecule has 1 atom stereocenters. The van der Waals surface area contributed by atoms with Gasteiger partial charge < -0.3 is 9.47 Å². The van der Waals surface area contributed by atoms with E-state index in [0.717, 1.165) is 44.8 Å². The molecule has 0 saturated carbocycles. The first-order valence-corrected chi connectivity index (χ1v) is 5.96. The molecule has 1 fully saturated rings. The molecule has 1 heterocycles. The lowest BCUT2D eigenvalue weighted by Crippen LogP contribution is -2.47. The second kappa shape index (κ2) is 6.76. The van der Waals surface area contributed by atoms with E-state index in [9.17, 15) is 0 Å². The predicted octanol–water partition coefficient (Wildman–Crippen LogP) is 1.12. The first-order chi connectivity index (χ1) is 6.38. The van der Waals surface area contributed by atoms with Gasteiger partial charge in [0.25, 0.3) is 0 Å². The molecule has 0 amide bonds. The van der Waals surface area contributed by atoms with E-state index < -0.39 is 0 Å². The molecule has 78 valence electrons. The average Bonchev–Trinajstić information content (AvgIpc) is 2.19. The molecular weight excluding hydrogens is 234 g/mol. The van der Waals surface area contributed by atoms with Gasteiger partial charge in [0.05, 0.1) is 19.8 Å². The van der Waals surface area contributed by atoms with Crippen molar-refractivity contribution in [3.63, 3.8) is 0 Å². The molecule has 1 aliphatic rings. The zero-order valence-corrected chi connectivity index (χ0v) is 9.75. The molecule has 1 aliphatic heterocycles. The van der Waals surface area contributed by atoms with Crippen LogP contribution in [0.25, 0.3) is 0 Å². The molecule has 3 nitrogen and oxygen atoms in total. The van der Waals surface area contributed by atoms with Crippen molar-refractivity contribution in [3.05, 3.63) is 0 Å². The van der Waals surface area contributed by atoms with Gasteiger partial charge in [-0.15, -0.1) is 0 Å². The van der Waals surface area contributed by atoms with Crippen molar-refractivity contribution in [2.24, 2.45) is 0 Å². The Kier molecular flexibility index (Phi) is 5.95. The maximum absolute atomic E-state index is 5.40. The fourth-order valence-corrected chi connectivity index (χ4v) is 2.05. The summed E-state index contributed by atoms with van der Waals surface area (Å²) in [6.07, 6.45) is 0. The summed E-state index contributed by atoms with van der Waals surface area (Å²) in [4.78, 5) is 2.42. The zero-order chi connectivity index (χ0) is 9.52. The Bertz CT molecular complexity index is 135. The highest BCUT2D eigenvalue weighted by molar-refractivity contribution is 9.09. The van der Waals surface area contributed by atoms with Crippen molar-refractivity contribution in [3.8, 4) is 0 Å². The smallest absolute Gasteiger partial charge is 0.0630 e. The van der Waals surface area contributed by atoms with Gasteiger partial charge in [-0.2, -0.15) is 0 Å². The summed E-state index contributed by atoms with van der Waals surface area (Å²) in [5, 5.41) is 0.985. The van der Waals surface area contributed by atoms with Crippen molar-refractivity contribution in [2.75, 3.05) is 44.8 Å². The third-order valence-electron chi connectivity index (χ3n) is 2.25. The Morgan fingerprint density at radius 2 is 2.46 bits per heavy atom. The van der Waals surface area contributed by atoms with Gasteiger partial charge in [0.2, 0.25) is 0 Å². The summed E-state index contributed by atoms with van der Waals surface area (Å²) < 4.78 is 10.7. The van der Waals surface area contributed by atoms with E-state index in [1.807, 2.05) is 6.92 Å². The van der Waals surface area contributed by atoms with E-state index in [0.29, 0.717) is 6.04 Å². The van der Waals surface area contributed by atoms with Crippen LogP contribution >= 0.6 is 15.9 Å². The quantitative estimate of drug-likeness (QED) is 0.540. The second-order valence-electron chi connectivity index (χ2n) is 3.12. The van der Waals surface area contributed by atoms with Gasteiger partial charge in [0.1, 0.15) is 0 Å². The summed E-state index contributed by atoms with van der Waals surface area (Å²) in [6.45, 7) is 7.43. The molecule has 13 heavy (non-hydrogen) atoms. The van der Waals surface area contributed by atoms with Crippen molar-refractivity contribution >= 4 is 15.9 Å². The largest absolute Gasteiger partial charge is 0.380 e. The van der Waals surface area contributed by atoms with Gasteiger partial charge in [-0.1, -0.05) is 15.9 Å². The molecule has 1 saturated heterocycles. The molecule has 1 unspecified atom stereocenters. The molecule has 0 aliphatic carbocycles. The number of hydrogen-bond donors (Lipinski definition) is 0. The summed E-state index contributed by atoms with van der Waals surface area (Å²) in [5.41, 5.74) is 0. The molecular formula is C9H18BrNO2. The Morgan fingerprint density at radius 1 is 1.62 bits per heavy atom. The van der Waals surface area contributed by atoms with Gasteiger partial charge in [0.15, 0.2) is 0 Å². The van der Waals surface area contributed by atoms with Crippen LogP contribution in [0.3, 0.4) is 0 Å². The molecule has 0 spiro atoms. The van der Waals surface area contributed by atoms with Crippen LogP contribution in [0, 0.1) is 0 Å². The second-order valence-corrected chi connectivity index (χ2v) is 3.76. The standard InChI is InChI=1S/C9H18BrNO2/c1-2-12-5-3-11-4-6-13-8-9(11)7-10/h9H,2-8H2,1H3. The highest BCUT2D eigenvalue weighted by Gasteiger charge is 2.20. The van der Waals surface area contributed by atoms with E-state index in [2.05, 4.69) is 20.8 Å². The summed E-state index contributed by atoms with van der Waals surface area (Å²) >= 11 is 3.50. The molecule has 0 aromatic rings. The lowest BCUT2D eigenvalue weighted by molar-refractivity contribution is -0.0108. The number of halogens is 1. The van der Waals surface area contributed by atoms with E-state index in [4.69, 9.17) is 9.47 Å². The fraction of sp³-hybridized carbons (Fsp3) is 1.00. The fourth-order valence-electron chi connectivity index (χ4n) is 1.45. The maximum atomic E-state index is 5.40. The van der Waals surface area contributed by atoms with Crippen LogP contribution in [0.5, 0.6) is 0 Å². The Balaban J connectivity index is 2.19. The zero-order valence-electron chi connectivity index (χ0n) is 8.17. The third-order valence-corrected chi connectivity index (χ3v) is 3.00. The predicted molar refractivity (Wildman–Crippen MR) is 56.5 cm³/mol. The third kappa shape index (κ3) is 3.94. The Morgan fingerprint density at radius 3 is 3.15 bits per heavy atom. The summed E-state index contributed by atoms with van der Waals surface area (Å²) in [7, 11) is 0. The van der Waals surface area contributed by atoms with Crippen molar-refractivity contribution in [1.82, 2.24) is 4.90 Å².